The van der Waals surface area contributed by atoms with Crippen molar-refractivity contribution in [2.24, 2.45) is 5.92 Å². The van der Waals surface area contributed by atoms with Crippen LogP contribution in [0.3, 0.4) is 0 Å². The molecule has 4 N–H and O–H groups in total. The second kappa shape index (κ2) is 6.64. The normalized spacial score (nSPS) is 31.6. The highest BCUT2D eigenvalue weighted by Crippen LogP contribution is 2.49. The van der Waals surface area contributed by atoms with Gasteiger partial charge in [0.05, 0.1) is 23.1 Å². The number of hydrogen-bond acceptors (Lipinski definition) is 7. The number of aromatic amines is 1. The first kappa shape index (κ1) is 17.9. The van der Waals surface area contributed by atoms with Crippen LogP contribution in [0.2, 0.25) is 0 Å². The molecule has 1 unspecified atom stereocenters. The number of H-pyrrole nitrogens is 1. The van der Waals surface area contributed by atoms with Gasteiger partial charge >= 0.3 is 0 Å². The van der Waals surface area contributed by atoms with Gasteiger partial charge in [-0.1, -0.05) is 0 Å². The number of fused-ring (bicyclic) bond motifs is 3. The molecule has 4 fully saturated rings. The molecular weight excluding hydrogens is 388 g/mol. The third-order valence-electron chi connectivity index (χ3n) is 7.88. The summed E-state index contributed by atoms with van der Waals surface area (Å²) in [5, 5.41) is 27.6. The minimum atomic E-state index is 0.193. The van der Waals surface area contributed by atoms with Crippen molar-refractivity contribution < 1.29 is 0 Å². The summed E-state index contributed by atoms with van der Waals surface area (Å²) < 4.78 is 0. The first-order valence-electron chi connectivity index (χ1n) is 11.6. The van der Waals surface area contributed by atoms with Gasteiger partial charge in [-0.05, 0) is 68.7 Å². The van der Waals surface area contributed by atoms with Crippen molar-refractivity contribution in [1.82, 2.24) is 31.1 Å². The molecular formula is C23H28N8. The van der Waals surface area contributed by atoms with Crippen LogP contribution in [0.25, 0.3) is 22.2 Å². The highest BCUT2D eigenvalue weighted by molar-refractivity contribution is 6.00. The van der Waals surface area contributed by atoms with E-state index in [1.54, 1.807) is 0 Å². The molecule has 0 spiro atoms. The van der Waals surface area contributed by atoms with E-state index in [1.165, 1.54) is 32.1 Å². The van der Waals surface area contributed by atoms with E-state index in [0.29, 0.717) is 12.1 Å². The lowest BCUT2D eigenvalue weighted by atomic mass is 9.83. The quantitative estimate of drug-likeness (QED) is 0.520. The van der Waals surface area contributed by atoms with Crippen molar-refractivity contribution >= 4 is 22.4 Å². The predicted molar refractivity (Wildman–Crippen MR) is 121 cm³/mol. The molecule has 3 aliphatic heterocycles. The van der Waals surface area contributed by atoms with E-state index in [4.69, 9.17) is 0 Å². The Morgan fingerprint density at radius 3 is 2.94 bits per heavy atom. The van der Waals surface area contributed by atoms with Crippen molar-refractivity contribution in [3.63, 3.8) is 0 Å². The van der Waals surface area contributed by atoms with Gasteiger partial charge in [0.25, 0.3) is 0 Å². The Morgan fingerprint density at radius 2 is 2.06 bits per heavy atom. The van der Waals surface area contributed by atoms with E-state index in [9.17, 15) is 0 Å². The molecule has 3 aromatic rings. The predicted octanol–water partition coefficient (Wildman–Crippen LogP) is 2.82. The molecule has 1 saturated carbocycles. The van der Waals surface area contributed by atoms with Crippen LogP contribution in [0.1, 0.15) is 38.5 Å². The highest BCUT2D eigenvalue weighted by Gasteiger charge is 2.53. The number of anilines is 2. The third-order valence-corrected chi connectivity index (χ3v) is 7.88. The number of aromatic nitrogens is 4. The van der Waals surface area contributed by atoms with Crippen molar-refractivity contribution in [2.75, 3.05) is 23.4 Å². The fourth-order valence-corrected chi connectivity index (χ4v) is 6.59. The maximum atomic E-state index is 4.60. The topological polar surface area (TPSA) is 93.8 Å². The summed E-state index contributed by atoms with van der Waals surface area (Å²) in [6.45, 7) is 2.03. The first-order chi connectivity index (χ1) is 15.3. The average molecular weight is 417 g/mol. The molecule has 8 nitrogen and oxygen atoms in total. The van der Waals surface area contributed by atoms with Crippen LogP contribution in [0.4, 0.5) is 11.5 Å². The fourth-order valence-electron chi connectivity index (χ4n) is 6.59. The number of nitrogens with one attached hydrogen (secondary N) is 4. The molecule has 3 bridgehead atoms. The minimum Gasteiger partial charge on any atom is -0.363 e. The molecule has 2 aromatic heterocycles. The largest absolute Gasteiger partial charge is 0.363 e. The highest BCUT2D eigenvalue weighted by atomic mass is 15.5. The van der Waals surface area contributed by atoms with Gasteiger partial charge in [0, 0.05) is 41.7 Å². The second-order valence-corrected chi connectivity index (χ2v) is 9.83. The van der Waals surface area contributed by atoms with Gasteiger partial charge in [-0.15, -0.1) is 10.2 Å². The van der Waals surface area contributed by atoms with Crippen LogP contribution < -0.4 is 21.1 Å². The molecule has 7 rings (SSSR count). The van der Waals surface area contributed by atoms with Crippen molar-refractivity contribution in [3.8, 4) is 11.3 Å². The van der Waals surface area contributed by atoms with Gasteiger partial charge in [-0.3, -0.25) is 5.10 Å². The molecule has 5 heterocycles. The number of benzene rings is 1. The lowest BCUT2D eigenvalue weighted by Gasteiger charge is -2.41. The van der Waals surface area contributed by atoms with Crippen molar-refractivity contribution in [3.05, 3.63) is 30.5 Å². The zero-order valence-corrected chi connectivity index (χ0v) is 17.6. The van der Waals surface area contributed by atoms with Gasteiger partial charge in [0.15, 0.2) is 0 Å². The molecule has 1 aromatic carbocycles. The Bertz CT molecular complexity index is 1110. The van der Waals surface area contributed by atoms with E-state index in [2.05, 4.69) is 65.7 Å². The molecule has 160 valence electrons. The third kappa shape index (κ3) is 2.85. The van der Waals surface area contributed by atoms with Crippen LogP contribution in [-0.4, -0.2) is 51.1 Å². The smallest absolute Gasteiger partial charge is 0.149 e. The lowest BCUT2D eigenvalue weighted by molar-refractivity contribution is 0.224. The molecule has 0 radical (unpaired) electrons. The zero-order valence-electron chi connectivity index (χ0n) is 17.6. The second-order valence-electron chi connectivity index (χ2n) is 9.83. The van der Waals surface area contributed by atoms with Gasteiger partial charge in [-0.2, -0.15) is 5.10 Å². The van der Waals surface area contributed by atoms with Crippen LogP contribution in [0, 0.1) is 5.92 Å². The SMILES string of the molecule is c1cc(-c2ccc(N3CCCN3)c3cn[nH]c23)nnc1N[C@@]12CC3N[C@H](CC[C@@H]3C1)C2. The molecule has 31 heavy (non-hydrogen) atoms. The number of nitrogens with zero attached hydrogens (tertiary/aromatic N) is 4. The Hall–Kier alpha value is -2.71. The summed E-state index contributed by atoms with van der Waals surface area (Å²) in [6, 6.07) is 9.79. The molecule has 1 aliphatic carbocycles. The van der Waals surface area contributed by atoms with Gasteiger partial charge in [-0.25, -0.2) is 5.43 Å². The van der Waals surface area contributed by atoms with E-state index >= 15 is 0 Å². The van der Waals surface area contributed by atoms with Gasteiger partial charge in [0.1, 0.15) is 5.82 Å². The van der Waals surface area contributed by atoms with Crippen LogP contribution in [0.15, 0.2) is 30.5 Å². The summed E-state index contributed by atoms with van der Waals surface area (Å²) >= 11 is 0. The average Bonchev–Trinajstić information content (AvgIpc) is 3.51. The maximum Gasteiger partial charge on any atom is 0.149 e. The van der Waals surface area contributed by atoms with Gasteiger partial charge in [0.2, 0.25) is 0 Å². The maximum absolute atomic E-state index is 4.60. The fraction of sp³-hybridized carbons (Fsp3) is 0.522. The number of hydrazine groups is 1. The molecule has 0 amide bonds. The Kier molecular flexibility index (Phi) is 3.84. The van der Waals surface area contributed by atoms with E-state index in [1.807, 2.05) is 6.20 Å². The molecule has 4 aliphatic rings. The van der Waals surface area contributed by atoms with Crippen molar-refractivity contribution in [2.45, 2.75) is 56.1 Å². The number of hydrogen-bond donors (Lipinski definition) is 4. The summed E-state index contributed by atoms with van der Waals surface area (Å²) in [5.74, 6) is 1.71. The Balaban J connectivity index is 1.17. The van der Waals surface area contributed by atoms with E-state index in [0.717, 1.165) is 59.1 Å². The monoisotopic (exact) mass is 416 g/mol. The minimum absolute atomic E-state index is 0.193. The summed E-state index contributed by atoms with van der Waals surface area (Å²) in [7, 11) is 0. The summed E-state index contributed by atoms with van der Waals surface area (Å²) in [4.78, 5) is 0. The van der Waals surface area contributed by atoms with Crippen LogP contribution >= 0.6 is 0 Å². The Labute approximate surface area is 181 Å². The Morgan fingerprint density at radius 1 is 1.06 bits per heavy atom. The number of piperidine rings is 2. The summed E-state index contributed by atoms with van der Waals surface area (Å²) in [6.07, 6.45) is 9.41. The van der Waals surface area contributed by atoms with Crippen LogP contribution in [0.5, 0.6) is 0 Å². The molecule has 3 saturated heterocycles. The zero-order chi connectivity index (χ0) is 20.4. The van der Waals surface area contributed by atoms with E-state index < -0.39 is 0 Å². The van der Waals surface area contributed by atoms with E-state index in [-0.39, 0.29) is 5.54 Å². The lowest BCUT2D eigenvalue weighted by Crippen LogP contribution is -2.53. The number of rotatable bonds is 4. The standard InChI is InChI=1S/C23H28N8/c1-8-25-31(9-1)20-6-4-16(22-17(20)13-24-30-22)18-5-7-21(29-28-18)27-23-10-14-2-3-15(11-23)26-19(14)12-23/h4-7,13-15,19,25-26H,1-3,8-12H2,(H,24,30)(H,27,29)/t14-,15-,19?,23+/m1/s1. The van der Waals surface area contributed by atoms with Crippen LogP contribution in [-0.2, 0) is 0 Å². The molecule has 8 heteroatoms. The molecule has 4 atom stereocenters. The van der Waals surface area contributed by atoms with Gasteiger partial charge < -0.3 is 15.6 Å². The van der Waals surface area contributed by atoms with Crippen molar-refractivity contribution in [1.29, 1.82) is 0 Å². The summed E-state index contributed by atoms with van der Waals surface area (Å²) in [5.41, 5.74) is 7.70. The first-order valence-corrected chi connectivity index (χ1v) is 11.6.